The second-order valence-electron chi connectivity index (χ2n) is 7.67. The Morgan fingerprint density at radius 1 is 0.833 bits per heavy atom. The summed E-state index contributed by atoms with van der Waals surface area (Å²) in [7, 11) is 0. The molecule has 3 atom stereocenters. The first kappa shape index (κ1) is 18.5. The van der Waals surface area contributed by atoms with Crippen molar-refractivity contribution in [3.05, 3.63) is 0 Å². The van der Waals surface area contributed by atoms with Crippen LogP contribution in [-0.2, 0) is 14.2 Å². The molecule has 2 saturated heterocycles. The fourth-order valence-corrected chi connectivity index (χ4v) is 4.17. The zero-order valence-electron chi connectivity index (χ0n) is 14.5. The van der Waals surface area contributed by atoms with E-state index in [1.54, 1.807) is 0 Å². The minimum Gasteiger partial charge on any atom is -0.390 e. The molecule has 2 saturated carbocycles. The molecule has 2 aliphatic heterocycles. The van der Waals surface area contributed by atoms with Crippen LogP contribution < -0.4 is 0 Å². The van der Waals surface area contributed by atoms with Gasteiger partial charge in [-0.2, -0.15) is 0 Å². The molecule has 0 bridgehead atoms. The molecule has 4 fully saturated rings. The third kappa shape index (κ3) is 4.68. The summed E-state index contributed by atoms with van der Waals surface area (Å²) in [6.07, 6.45) is 9.92. The van der Waals surface area contributed by atoms with Gasteiger partial charge in [0.25, 0.3) is 0 Å². The normalized spacial score (nSPS) is 37.9. The van der Waals surface area contributed by atoms with Gasteiger partial charge in [-0.1, -0.05) is 12.8 Å². The lowest BCUT2D eigenvalue weighted by molar-refractivity contribution is -0.199. The summed E-state index contributed by atoms with van der Waals surface area (Å²) in [6, 6.07) is 0. The second kappa shape index (κ2) is 7.98. The summed E-state index contributed by atoms with van der Waals surface area (Å²) in [5.74, 6) is -1.67. The van der Waals surface area contributed by atoms with E-state index in [1.165, 1.54) is 19.3 Å². The van der Waals surface area contributed by atoms with Crippen LogP contribution in [0.3, 0.4) is 0 Å². The topological polar surface area (TPSA) is 88.4 Å². The van der Waals surface area contributed by atoms with Gasteiger partial charge in [-0.3, -0.25) is 0 Å². The zero-order chi connectivity index (χ0) is 17.0. The van der Waals surface area contributed by atoms with Crippen LogP contribution in [0.15, 0.2) is 0 Å². The fraction of sp³-hybridized carbons (Fsp3) is 1.00. The van der Waals surface area contributed by atoms with E-state index >= 15 is 0 Å². The Balaban J connectivity index is 0.000000179. The van der Waals surface area contributed by atoms with Crippen molar-refractivity contribution in [3.8, 4) is 0 Å². The average molecular weight is 344 g/mol. The molecule has 2 aliphatic carbocycles. The highest BCUT2D eigenvalue weighted by Gasteiger charge is 2.47. The predicted octanol–water partition coefficient (Wildman–Crippen LogP) is 1.84. The van der Waals surface area contributed by atoms with Gasteiger partial charge >= 0.3 is 0 Å². The van der Waals surface area contributed by atoms with Crippen LogP contribution in [0.1, 0.15) is 70.6 Å². The van der Waals surface area contributed by atoms with Gasteiger partial charge < -0.3 is 29.5 Å². The van der Waals surface area contributed by atoms with Crippen LogP contribution in [0.4, 0.5) is 0 Å². The molecule has 3 N–H and O–H groups in total. The summed E-state index contributed by atoms with van der Waals surface area (Å²) < 4.78 is 17.4. The van der Waals surface area contributed by atoms with E-state index in [2.05, 4.69) is 0 Å². The molecule has 4 aliphatic rings. The predicted molar refractivity (Wildman–Crippen MR) is 87.3 cm³/mol. The number of ether oxygens (including phenoxy) is 3. The average Bonchev–Trinajstić information content (AvgIpc) is 3.15. The number of aliphatic hydroxyl groups is 3. The van der Waals surface area contributed by atoms with Gasteiger partial charge in [0.2, 0.25) is 0 Å². The first-order chi connectivity index (χ1) is 11.5. The zero-order valence-corrected chi connectivity index (χ0v) is 14.5. The van der Waals surface area contributed by atoms with Crippen LogP contribution in [0.25, 0.3) is 0 Å². The van der Waals surface area contributed by atoms with E-state index in [9.17, 15) is 5.11 Å². The molecule has 2 heterocycles. The van der Waals surface area contributed by atoms with Gasteiger partial charge in [-0.05, 0) is 32.1 Å². The van der Waals surface area contributed by atoms with Gasteiger partial charge in [0.05, 0.1) is 12.7 Å². The van der Waals surface area contributed by atoms with Crippen molar-refractivity contribution in [2.24, 2.45) is 0 Å². The van der Waals surface area contributed by atoms with E-state index < -0.39 is 5.79 Å². The van der Waals surface area contributed by atoms with Crippen LogP contribution in [0, 0.1) is 0 Å². The van der Waals surface area contributed by atoms with Crippen molar-refractivity contribution >= 4 is 0 Å². The minimum atomic E-state index is -1.32. The highest BCUT2D eigenvalue weighted by molar-refractivity contribution is 4.90. The van der Waals surface area contributed by atoms with Crippen molar-refractivity contribution in [1.82, 2.24) is 0 Å². The van der Waals surface area contributed by atoms with Gasteiger partial charge in [0, 0.05) is 32.3 Å². The molecule has 1 spiro atoms. The quantitative estimate of drug-likeness (QED) is 0.629. The molecular weight excluding hydrogens is 312 g/mol. The molecule has 140 valence electrons. The molecule has 0 radical (unpaired) electrons. The van der Waals surface area contributed by atoms with Crippen LogP contribution in [-0.4, -0.2) is 58.4 Å². The lowest BCUT2D eigenvalue weighted by Gasteiger charge is -2.32. The first-order valence-corrected chi connectivity index (χ1v) is 9.56. The highest BCUT2D eigenvalue weighted by atomic mass is 16.8. The molecule has 0 amide bonds. The van der Waals surface area contributed by atoms with E-state index in [0.29, 0.717) is 26.1 Å². The molecule has 4 rings (SSSR count). The maximum Gasteiger partial charge on any atom is 0.169 e. The van der Waals surface area contributed by atoms with Crippen LogP contribution in [0.5, 0.6) is 0 Å². The van der Waals surface area contributed by atoms with Crippen molar-refractivity contribution in [2.45, 2.75) is 101 Å². The van der Waals surface area contributed by atoms with Gasteiger partial charge in [-0.15, -0.1) is 0 Å². The monoisotopic (exact) mass is 344 g/mol. The molecule has 24 heavy (non-hydrogen) atoms. The van der Waals surface area contributed by atoms with Gasteiger partial charge in [0.1, 0.15) is 12.2 Å². The maximum atomic E-state index is 9.78. The van der Waals surface area contributed by atoms with E-state index in [0.717, 1.165) is 38.5 Å². The molecular formula is C18H32O6. The summed E-state index contributed by atoms with van der Waals surface area (Å²) in [4.78, 5) is 0. The maximum absolute atomic E-state index is 9.78. The van der Waals surface area contributed by atoms with Crippen molar-refractivity contribution in [3.63, 3.8) is 0 Å². The summed E-state index contributed by atoms with van der Waals surface area (Å²) >= 11 is 0. The SMILES string of the molecule is OC1(O)CCCCC1.OC1CCOC1C1COC2(CCCCC2)O1. The number of hydrogen-bond donors (Lipinski definition) is 3. The summed E-state index contributed by atoms with van der Waals surface area (Å²) in [5.41, 5.74) is 0. The fourth-order valence-electron chi connectivity index (χ4n) is 4.17. The van der Waals surface area contributed by atoms with Gasteiger partial charge in [0.15, 0.2) is 11.6 Å². The molecule has 0 aromatic heterocycles. The second-order valence-corrected chi connectivity index (χ2v) is 7.67. The Hall–Kier alpha value is -0.240. The Kier molecular flexibility index (Phi) is 6.16. The highest BCUT2D eigenvalue weighted by Crippen LogP contribution is 2.39. The Morgan fingerprint density at radius 2 is 1.46 bits per heavy atom. The summed E-state index contributed by atoms with van der Waals surface area (Å²) in [6.45, 7) is 1.21. The Labute approximate surface area is 144 Å². The molecule has 0 aromatic carbocycles. The first-order valence-electron chi connectivity index (χ1n) is 9.56. The molecule has 6 nitrogen and oxygen atoms in total. The van der Waals surface area contributed by atoms with Crippen LogP contribution in [0.2, 0.25) is 0 Å². The summed E-state index contributed by atoms with van der Waals surface area (Å²) in [5, 5.41) is 27.6. The third-order valence-corrected chi connectivity index (χ3v) is 5.62. The molecule has 6 heteroatoms. The lowest BCUT2D eigenvalue weighted by atomic mass is 9.94. The van der Waals surface area contributed by atoms with Crippen molar-refractivity contribution < 1.29 is 29.5 Å². The minimum absolute atomic E-state index is 0.0735. The lowest BCUT2D eigenvalue weighted by Crippen LogP contribution is -2.39. The molecule has 3 unspecified atom stereocenters. The molecule has 0 aromatic rings. The number of hydrogen-bond acceptors (Lipinski definition) is 6. The largest absolute Gasteiger partial charge is 0.390 e. The van der Waals surface area contributed by atoms with Crippen molar-refractivity contribution in [2.75, 3.05) is 13.2 Å². The Morgan fingerprint density at radius 3 is 1.96 bits per heavy atom. The van der Waals surface area contributed by atoms with E-state index in [4.69, 9.17) is 24.4 Å². The number of rotatable bonds is 1. The number of aliphatic hydroxyl groups excluding tert-OH is 1. The van der Waals surface area contributed by atoms with Gasteiger partial charge in [-0.25, -0.2) is 0 Å². The smallest absolute Gasteiger partial charge is 0.169 e. The standard InChI is InChI=1S/C12H20O4.C6H12O2/c13-9-4-7-14-11(9)10-8-15-12(16-10)5-2-1-3-6-12;7-6(8)4-2-1-3-5-6/h9-11,13H,1-8H2;7-8H,1-5H2. The Bertz CT molecular complexity index is 385. The third-order valence-electron chi connectivity index (χ3n) is 5.62. The van der Waals surface area contributed by atoms with E-state index in [-0.39, 0.29) is 24.1 Å². The van der Waals surface area contributed by atoms with Crippen molar-refractivity contribution in [1.29, 1.82) is 0 Å². The van der Waals surface area contributed by atoms with E-state index in [1.807, 2.05) is 0 Å². The van der Waals surface area contributed by atoms with Crippen LogP contribution >= 0.6 is 0 Å².